The number of para-hydroxylation sites is 1. The van der Waals surface area contributed by atoms with Gasteiger partial charge >= 0.3 is 24.3 Å². The van der Waals surface area contributed by atoms with E-state index in [-0.39, 0.29) is 34.7 Å². The van der Waals surface area contributed by atoms with Crippen LogP contribution in [0.25, 0.3) is 17.1 Å². The Balaban J connectivity index is 1.41. The molecule has 10 nitrogen and oxygen atoms in total. The number of alkyl halides is 5. The molecule has 1 aromatic heterocycles. The van der Waals surface area contributed by atoms with Crippen LogP contribution in [0.4, 0.5) is 38.1 Å². The number of halogens is 5. The molecular weight excluding hydrogens is 659 g/mol. The van der Waals surface area contributed by atoms with Crippen LogP contribution in [-0.2, 0) is 9.53 Å². The second-order valence-electron chi connectivity index (χ2n) is 10.8. The van der Waals surface area contributed by atoms with Gasteiger partial charge in [-0.3, -0.25) is 10.1 Å². The summed E-state index contributed by atoms with van der Waals surface area (Å²) in [6.45, 7) is 7.49. The molecule has 1 heterocycles. The maximum atomic E-state index is 13.2. The smallest absolute Gasteiger partial charge is 0.454 e. The number of thioether (sulfide) groups is 1. The highest BCUT2D eigenvalue weighted by atomic mass is 32.2. The minimum Gasteiger partial charge on any atom is -0.454 e. The van der Waals surface area contributed by atoms with Crippen molar-refractivity contribution in [3.8, 4) is 22.8 Å². The molecule has 0 bridgehead atoms. The number of ether oxygens (including phenoxy) is 2. The molecule has 0 aliphatic heterocycles. The maximum Gasteiger partial charge on any atom is 0.499 e. The number of hydrogen-bond acceptors (Lipinski definition) is 8. The summed E-state index contributed by atoms with van der Waals surface area (Å²) in [5, 5.41) is 9.97. The van der Waals surface area contributed by atoms with E-state index in [1.807, 2.05) is 38.1 Å². The molecule has 3 aromatic carbocycles. The largest absolute Gasteiger partial charge is 0.499 e. The van der Waals surface area contributed by atoms with Crippen molar-refractivity contribution in [2.75, 3.05) is 11.3 Å². The number of aliphatic imine (C=N–C) groups is 1. The van der Waals surface area contributed by atoms with E-state index in [1.165, 1.54) is 23.1 Å². The number of carbonyl (C=O) groups is 2. The van der Waals surface area contributed by atoms with Gasteiger partial charge in [0.2, 0.25) is 0 Å². The Morgan fingerprint density at radius 3 is 2.23 bits per heavy atom. The number of hydrogen-bond donors (Lipinski definition) is 2. The first-order valence-electron chi connectivity index (χ1n) is 14.4. The number of benzene rings is 3. The number of rotatable bonds is 10. The predicted octanol–water partition coefficient (Wildman–Crippen LogP) is 8.29. The van der Waals surface area contributed by atoms with Crippen LogP contribution >= 0.6 is 11.8 Å². The number of aromatic nitrogens is 3. The molecule has 0 radical (unpaired) electrons. The van der Waals surface area contributed by atoms with Crippen LogP contribution in [-0.4, -0.2) is 50.2 Å². The Bertz CT molecular complexity index is 1740. The highest BCUT2D eigenvalue weighted by Gasteiger charge is 2.61. The maximum absolute atomic E-state index is 13.2. The van der Waals surface area contributed by atoms with Crippen LogP contribution in [0.3, 0.4) is 0 Å². The molecule has 0 fully saturated rings. The lowest BCUT2D eigenvalue weighted by molar-refractivity contribution is -0.360. The molecule has 16 heteroatoms. The van der Waals surface area contributed by atoms with Crippen molar-refractivity contribution >= 4 is 40.3 Å². The lowest BCUT2D eigenvalue weighted by Crippen LogP contribution is -2.41. The monoisotopic (exact) mass is 690 g/mol. The van der Waals surface area contributed by atoms with Crippen molar-refractivity contribution in [3.63, 3.8) is 0 Å². The van der Waals surface area contributed by atoms with Gasteiger partial charge < -0.3 is 14.8 Å². The summed E-state index contributed by atoms with van der Waals surface area (Å²) in [5.41, 5.74) is 2.96. The number of anilines is 1. The Hall–Kier alpha value is -4.99. The number of carbonyl (C=O) groups excluding carboxylic acids is 2. The van der Waals surface area contributed by atoms with Gasteiger partial charge in [0.25, 0.3) is 0 Å². The zero-order chi connectivity index (χ0) is 35.1. The lowest BCUT2D eigenvalue weighted by atomic mass is 10.0. The van der Waals surface area contributed by atoms with Gasteiger partial charge in [-0.25, -0.2) is 19.5 Å². The van der Waals surface area contributed by atoms with Crippen LogP contribution in [0.2, 0.25) is 0 Å². The molecule has 0 aliphatic carbocycles. The van der Waals surface area contributed by atoms with E-state index in [9.17, 15) is 31.5 Å². The lowest BCUT2D eigenvalue weighted by Gasteiger charge is -2.20. The number of amidine groups is 1. The second-order valence-corrected chi connectivity index (χ2v) is 11.7. The van der Waals surface area contributed by atoms with Crippen LogP contribution in [0.15, 0.2) is 84.1 Å². The van der Waals surface area contributed by atoms with E-state index in [4.69, 9.17) is 4.74 Å². The summed E-state index contributed by atoms with van der Waals surface area (Å²) >= 11 is 1.06. The van der Waals surface area contributed by atoms with E-state index in [1.54, 1.807) is 38.1 Å². The summed E-state index contributed by atoms with van der Waals surface area (Å²) in [4.78, 5) is 33.7. The Labute approximate surface area is 276 Å². The van der Waals surface area contributed by atoms with Crippen molar-refractivity contribution < 1.29 is 41.0 Å². The van der Waals surface area contributed by atoms with E-state index < -0.39 is 24.1 Å². The Kier molecular flexibility index (Phi) is 11.4. The minimum atomic E-state index is -5.86. The number of amides is 2. The topological polar surface area (TPSA) is 120 Å². The molecule has 4 rings (SSSR count). The normalized spacial score (nSPS) is 12.3. The van der Waals surface area contributed by atoms with Crippen LogP contribution < -0.4 is 15.4 Å². The average molecular weight is 691 g/mol. The summed E-state index contributed by atoms with van der Waals surface area (Å²) < 4.78 is 73.9. The molecule has 0 unspecified atom stereocenters. The molecule has 254 valence electrons. The third-order valence-electron chi connectivity index (χ3n) is 6.44. The fourth-order valence-corrected chi connectivity index (χ4v) is 4.56. The van der Waals surface area contributed by atoms with Gasteiger partial charge in [0, 0.05) is 11.3 Å². The first kappa shape index (κ1) is 35.9. The molecule has 0 saturated carbocycles. The summed E-state index contributed by atoms with van der Waals surface area (Å²) in [6.07, 6.45) is -9.86. The third-order valence-corrected chi connectivity index (χ3v) is 7.14. The summed E-state index contributed by atoms with van der Waals surface area (Å²) in [6, 6.07) is 17.9. The van der Waals surface area contributed by atoms with Crippen LogP contribution in [0.5, 0.6) is 5.75 Å². The van der Waals surface area contributed by atoms with E-state index in [2.05, 4.69) is 30.4 Å². The molecule has 2 amide bonds. The standard InChI is InChI=1S/C32H31F5N6O4S/c1-19(2)25-7-5-6-8-26(25)40-30(48-18-46-28(44)20(3)4)41-29(45)39-22-11-9-21(10-12-22)27-38-17-43(42-27)23-13-15-24(16-14-23)47-32(36,37)31(33,34)35/h5-17,19-20H,18H2,1-4H3,(H2,39,40,41,45). The average Bonchev–Trinajstić information content (AvgIpc) is 3.51. The van der Waals surface area contributed by atoms with Gasteiger partial charge in [0.1, 0.15) is 18.0 Å². The minimum absolute atomic E-state index is 0.0553. The van der Waals surface area contributed by atoms with E-state index in [0.717, 1.165) is 29.5 Å². The highest BCUT2D eigenvalue weighted by molar-refractivity contribution is 8.13. The van der Waals surface area contributed by atoms with Gasteiger partial charge in [0.05, 0.1) is 17.3 Å². The highest BCUT2D eigenvalue weighted by Crippen LogP contribution is 2.37. The van der Waals surface area contributed by atoms with E-state index >= 15 is 0 Å². The second kappa shape index (κ2) is 15.3. The van der Waals surface area contributed by atoms with Gasteiger partial charge in [-0.15, -0.1) is 5.10 Å². The number of urea groups is 1. The first-order valence-corrected chi connectivity index (χ1v) is 15.4. The summed E-state index contributed by atoms with van der Waals surface area (Å²) in [7, 11) is 0. The van der Waals surface area contributed by atoms with Crippen molar-refractivity contribution in [1.29, 1.82) is 0 Å². The van der Waals surface area contributed by atoms with Gasteiger partial charge in [0.15, 0.2) is 11.0 Å². The van der Waals surface area contributed by atoms with Crippen molar-refractivity contribution in [2.45, 2.75) is 45.9 Å². The molecule has 2 N–H and O–H groups in total. The zero-order valence-corrected chi connectivity index (χ0v) is 26.9. The number of nitrogens with one attached hydrogen (secondary N) is 2. The van der Waals surface area contributed by atoms with Gasteiger partial charge in [-0.2, -0.15) is 22.0 Å². The number of esters is 1. The van der Waals surface area contributed by atoms with Crippen LogP contribution in [0, 0.1) is 5.92 Å². The predicted molar refractivity (Wildman–Crippen MR) is 172 cm³/mol. The number of nitrogens with zero attached hydrogens (tertiary/aromatic N) is 4. The fraction of sp³-hybridized carbons (Fsp3) is 0.281. The van der Waals surface area contributed by atoms with Crippen molar-refractivity contribution in [3.05, 3.63) is 84.7 Å². The molecule has 0 aliphatic rings. The quantitative estimate of drug-likeness (QED) is 0.0565. The molecule has 48 heavy (non-hydrogen) atoms. The third kappa shape index (κ3) is 9.53. The van der Waals surface area contributed by atoms with Crippen molar-refractivity contribution in [2.24, 2.45) is 10.9 Å². The first-order chi connectivity index (χ1) is 22.6. The van der Waals surface area contributed by atoms with E-state index in [0.29, 0.717) is 22.6 Å². The molecule has 4 aromatic rings. The molecule has 0 spiro atoms. The Morgan fingerprint density at radius 2 is 1.60 bits per heavy atom. The van der Waals surface area contributed by atoms with Gasteiger partial charge in [-0.1, -0.05) is 45.9 Å². The summed E-state index contributed by atoms with van der Waals surface area (Å²) in [5.74, 6) is -0.976. The zero-order valence-electron chi connectivity index (χ0n) is 26.1. The van der Waals surface area contributed by atoms with Crippen molar-refractivity contribution in [1.82, 2.24) is 20.1 Å². The molecule has 0 saturated heterocycles. The molecule has 0 atom stereocenters. The fourth-order valence-electron chi connectivity index (χ4n) is 3.95. The Morgan fingerprint density at radius 1 is 0.938 bits per heavy atom. The van der Waals surface area contributed by atoms with Crippen LogP contribution in [0.1, 0.15) is 39.2 Å². The van der Waals surface area contributed by atoms with Gasteiger partial charge in [-0.05, 0) is 77.8 Å². The molecular formula is C32H31F5N6O4S. The SMILES string of the molecule is CC(C)C(=O)OCSC(=Nc1ccccc1C(C)C)NC(=O)Nc1ccc(-c2ncn(-c3ccc(OC(F)(F)C(F)(F)F)cc3)n2)cc1.